The predicted octanol–water partition coefficient (Wildman–Crippen LogP) is 3.11. The van der Waals surface area contributed by atoms with Crippen molar-refractivity contribution in [3.05, 3.63) is 52.6 Å². The Morgan fingerprint density at radius 1 is 0.943 bits per heavy atom. The minimum atomic E-state index is -0.170. The first-order chi connectivity index (χ1) is 17.0. The van der Waals surface area contributed by atoms with E-state index in [1.807, 2.05) is 25.3 Å². The normalized spacial score (nSPS) is 17.1. The molecule has 1 N–H and O–H groups in total. The van der Waals surface area contributed by atoms with Gasteiger partial charge in [-0.1, -0.05) is 6.92 Å². The van der Waals surface area contributed by atoms with Gasteiger partial charge in [0.15, 0.2) is 0 Å². The minimum absolute atomic E-state index is 0.170. The highest BCUT2D eigenvalue weighted by molar-refractivity contribution is 5.63. The van der Waals surface area contributed by atoms with Crippen molar-refractivity contribution in [2.45, 2.75) is 26.7 Å². The van der Waals surface area contributed by atoms with Gasteiger partial charge in [-0.2, -0.15) is 0 Å². The summed E-state index contributed by atoms with van der Waals surface area (Å²) in [6.07, 6.45) is 4.13. The van der Waals surface area contributed by atoms with Crippen LogP contribution in [-0.2, 0) is 0 Å². The van der Waals surface area contributed by atoms with Crippen molar-refractivity contribution in [1.82, 2.24) is 19.9 Å². The molecule has 0 atom stereocenters. The van der Waals surface area contributed by atoms with Gasteiger partial charge in [-0.05, 0) is 49.9 Å². The zero-order valence-corrected chi connectivity index (χ0v) is 20.7. The highest BCUT2D eigenvalue weighted by Crippen LogP contribution is 2.26. The van der Waals surface area contributed by atoms with Crippen LogP contribution in [0.3, 0.4) is 0 Å². The van der Waals surface area contributed by atoms with Crippen LogP contribution in [0, 0.1) is 12.8 Å². The van der Waals surface area contributed by atoms with Crippen LogP contribution >= 0.6 is 0 Å². The molecule has 0 amide bonds. The summed E-state index contributed by atoms with van der Waals surface area (Å²) in [5, 5.41) is 0. The van der Waals surface area contributed by atoms with Gasteiger partial charge in [0.1, 0.15) is 5.75 Å². The number of hydrogen-bond acceptors (Lipinski definition) is 8. The number of anilines is 3. The lowest BCUT2D eigenvalue weighted by molar-refractivity contribution is 0.415. The summed E-state index contributed by atoms with van der Waals surface area (Å²) in [5.74, 6) is 2.96. The zero-order valence-electron chi connectivity index (χ0n) is 20.7. The second-order valence-electron chi connectivity index (χ2n) is 9.47. The number of aromatic nitrogens is 4. The van der Waals surface area contributed by atoms with E-state index in [0.717, 1.165) is 86.7 Å². The molecule has 184 valence electrons. The van der Waals surface area contributed by atoms with Crippen LogP contribution in [0.15, 0.2) is 41.3 Å². The molecule has 5 rings (SSSR count). The number of rotatable bonds is 5. The van der Waals surface area contributed by atoms with Crippen molar-refractivity contribution in [2.24, 2.45) is 5.92 Å². The molecule has 0 saturated carbocycles. The fourth-order valence-corrected chi connectivity index (χ4v) is 4.77. The summed E-state index contributed by atoms with van der Waals surface area (Å²) < 4.78 is 5.26. The first-order valence-electron chi connectivity index (χ1n) is 12.3. The van der Waals surface area contributed by atoms with E-state index < -0.39 is 0 Å². The number of aryl methyl sites for hydroxylation is 1. The molecule has 3 aromatic rings. The number of aromatic amines is 1. The zero-order chi connectivity index (χ0) is 24.4. The average Bonchev–Trinajstić information content (AvgIpc) is 2.89. The van der Waals surface area contributed by atoms with E-state index in [2.05, 4.69) is 43.7 Å². The number of benzene rings is 1. The van der Waals surface area contributed by atoms with Gasteiger partial charge in [-0.3, -0.25) is 9.78 Å². The lowest BCUT2D eigenvalue weighted by Crippen LogP contribution is -2.47. The van der Waals surface area contributed by atoms with Gasteiger partial charge < -0.3 is 19.4 Å². The Bertz CT molecular complexity index is 1210. The van der Waals surface area contributed by atoms with Crippen LogP contribution in [0.1, 0.15) is 25.5 Å². The summed E-state index contributed by atoms with van der Waals surface area (Å²) in [5.41, 5.74) is 3.23. The van der Waals surface area contributed by atoms with Gasteiger partial charge in [0.05, 0.1) is 18.5 Å². The Morgan fingerprint density at radius 2 is 1.63 bits per heavy atom. The Kier molecular flexibility index (Phi) is 6.57. The number of methoxy groups -OCH3 is 1. The summed E-state index contributed by atoms with van der Waals surface area (Å²) in [4.78, 5) is 36.3. The fourth-order valence-electron chi connectivity index (χ4n) is 4.77. The highest BCUT2D eigenvalue weighted by Gasteiger charge is 2.22. The molecule has 0 aliphatic carbocycles. The summed E-state index contributed by atoms with van der Waals surface area (Å²) in [7, 11) is 1.67. The lowest BCUT2D eigenvalue weighted by atomic mass is 10.00. The van der Waals surface area contributed by atoms with Crippen LogP contribution in [0.25, 0.3) is 11.3 Å². The molecule has 4 heterocycles. The topological polar surface area (TPSA) is 90.5 Å². The molecule has 0 bridgehead atoms. The largest absolute Gasteiger partial charge is 0.497 e. The van der Waals surface area contributed by atoms with E-state index in [-0.39, 0.29) is 5.56 Å². The first-order valence-corrected chi connectivity index (χ1v) is 12.3. The number of nitrogens with one attached hydrogen (secondary N) is 1. The first kappa shape index (κ1) is 23.1. The van der Waals surface area contributed by atoms with Crippen molar-refractivity contribution in [3.8, 4) is 17.0 Å². The maximum atomic E-state index is 12.5. The van der Waals surface area contributed by atoms with Crippen molar-refractivity contribution < 1.29 is 4.74 Å². The number of piperazine rings is 1. The molecule has 9 heteroatoms. The summed E-state index contributed by atoms with van der Waals surface area (Å²) in [6, 6.07) is 9.64. The average molecular weight is 476 g/mol. The van der Waals surface area contributed by atoms with Gasteiger partial charge in [-0.15, -0.1) is 0 Å². The molecule has 35 heavy (non-hydrogen) atoms. The Hall–Kier alpha value is -3.62. The van der Waals surface area contributed by atoms with Crippen LogP contribution in [0.2, 0.25) is 0 Å². The van der Waals surface area contributed by atoms with Crippen molar-refractivity contribution in [2.75, 3.05) is 61.1 Å². The van der Waals surface area contributed by atoms with Gasteiger partial charge in [0, 0.05) is 62.8 Å². The molecule has 0 unspecified atom stereocenters. The maximum Gasteiger partial charge on any atom is 0.252 e. The van der Waals surface area contributed by atoms with E-state index in [1.54, 1.807) is 7.11 Å². The van der Waals surface area contributed by atoms with Crippen LogP contribution in [0.5, 0.6) is 5.75 Å². The van der Waals surface area contributed by atoms with Crippen molar-refractivity contribution in [3.63, 3.8) is 0 Å². The van der Waals surface area contributed by atoms with Crippen LogP contribution < -0.4 is 25.0 Å². The fraction of sp³-hybridized carbons (Fsp3) is 0.462. The minimum Gasteiger partial charge on any atom is -0.497 e. The number of piperidine rings is 1. The summed E-state index contributed by atoms with van der Waals surface area (Å²) in [6.45, 7) is 9.42. The molecule has 0 radical (unpaired) electrons. The van der Waals surface area contributed by atoms with E-state index in [9.17, 15) is 4.79 Å². The van der Waals surface area contributed by atoms with E-state index >= 15 is 0 Å². The number of H-pyrrole nitrogens is 1. The molecule has 0 spiro atoms. The molecule has 2 aromatic heterocycles. The Morgan fingerprint density at radius 3 is 2.29 bits per heavy atom. The van der Waals surface area contributed by atoms with Crippen LogP contribution in [0.4, 0.5) is 17.6 Å². The van der Waals surface area contributed by atoms with Crippen molar-refractivity contribution in [1.29, 1.82) is 0 Å². The van der Waals surface area contributed by atoms with Gasteiger partial charge in [0.25, 0.3) is 5.56 Å². The molecular weight excluding hydrogens is 442 g/mol. The van der Waals surface area contributed by atoms with E-state index in [0.29, 0.717) is 11.6 Å². The molecule has 9 nitrogen and oxygen atoms in total. The molecule has 2 aliphatic heterocycles. The molecule has 2 aliphatic rings. The van der Waals surface area contributed by atoms with Crippen LogP contribution in [-0.4, -0.2) is 66.3 Å². The second kappa shape index (κ2) is 9.93. The molecule has 1 aromatic carbocycles. The molecular formula is C26H33N7O2. The SMILES string of the molecule is COc1ccc(N2CCN(c3nc(-c4cnc(N5CCC(C)CC5)nc4C)cc(=O)[nH]3)CC2)cc1. The molecule has 2 saturated heterocycles. The highest BCUT2D eigenvalue weighted by atomic mass is 16.5. The predicted molar refractivity (Wildman–Crippen MR) is 139 cm³/mol. The molecule has 2 fully saturated rings. The number of nitrogens with zero attached hydrogens (tertiary/aromatic N) is 6. The Labute approximate surface area is 205 Å². The summed E-state index contributed by atoms with van der Waals surface area (Å²) >= 11 is 0. The standard InChI is InChI=1S/C26H33N7O2/c1-18-8-10-32(11-9-18)25-27-17-22(19(2)28-25)23-16-24(34)30-26(29-23)33-14-12-31(13-15-33)20-4-6-21(35-3)7-5-20/h4-7,16-18H,8-15H2,1-3H3,(H,29,30,34). The van der Waals surface area contributed by atoms with Gasteiger partial charge in [0.2, 0.25) is 11.9 Å². The second-order valence-corrected chi connectivity index (χ2v) is 9.47. The third-order valence-corrected chi connectivity index (χ3v) is 7.05. The smallest absolute Gasteiger partial charge is 0.252 e. The van der Waals surface area contributed by atoms with Gasteiger partial charge >= 0.3 is 0 Å². The number of hydrogen-bond donors (Lipinski definition) is 1. The van der Waals surface area contributed by atoms with E-state index in [4.69, 9.17) is 14.7 Å². The van der Waals surface area contributed by atoms with Gasteiger partial charge in [-0.25, -0.2) is 15.0 Å². The Balaban J connectivity index is 1.31. The monoisotopic (exact) mass is 475 g/mol. The maximum absolute atomic E-state index is 12.5. The lowest BCUT2D eigenvalue weighted by Gasteiger charge is -2.36. The van der Waals surface area contributed by atoms with E-state index in [1.165, 1.54) is 6.07 Å². The number of ether oxygens (including phenoxy) is 1. The third-order valence-electron chi connectivity index (χ3n) is 7.05. The third kappa shape index (κ3) is 5.08. The quantitative estimate of drug-likeness (QED) is 0.602. The van der Waals surface area contributed by atoms with Crippen molar-refractivity contribution >= 4 is 17.6 Å².